The van der Waals surface area contributed by atoms with Crippen molar-refractivity contribution in [2.24, 2.45) is 0 Å². The monoisotopic (exact) mass is 370 g/mol. The van der Waals surface area contributed by atoms with Crippen molar-refractivity contribution in [2.75, 3.05) is 20.8 Å². The van der Waals surface area contributed by atoms with Crippen LogP contribution in [0.3, 0.4) is 0 Å². The van der Waals surface area contributed by atoms with E-state index in [1.54, 1.807) is 25.1 Å². The summed E-state index contributed by atoms with van der Waals surface area (Å²) in [5.74, 6) is -2.15. The number of fused-ring (bicyclic) bond motifs is 2. The average Bonchev–Trinajstić information content (AvgIpc) is 2.67. The maximum atomic E-state index is 13.1. The Hall–Kier alpha value is -3.35. The minimum absolute atomic E-state index is 0.0323. The first-order valence-electron chi connectivity index (χ1n) is 8.30. The predicted molar refractivity (Wildman–Crippen MR) is 94.9 cm³/mol. The second kappa shape index (κ2) is 7.11. The molecule has 2 aromatic rings. The van der Waals surface area contributed by atoms with E-state index in [-0.39, 0.29) is 52.3 Å². The highest BCUT2D eigenvalue weighted by Gasteiger charge is 2.39. The minimum Gasteiger partial charge on any atom is -0.504 e. The largest absolute Gasteiger partial charge is 0.504 e. The van der Waals surface area contributed by atoms with Gasteiger partial charge in [-0.05, 0) is 6.92 Å². The highest BCUT2D eigenvalue weighted by molar-refractivity contribution is 6.30. The maximum Gasteiger partial charge on any atom is 0.310 e. The SMILES string of the molecule is CCOC(=O)Cc1c(O)c(OC)c2c(c1OC)C(=O)c1ccccc1C2=O. The average molecular weight is 370 g/mol. The van der Waals surface area contributed by atoms with Gasteiger partial charge < -0.3 is 19.3 Å². The van der Waals surface area contributed by atoms with Crippen LogP contribution in [0.5, 0.6) is 17.2 Å². The number of hydrogen-bond donors (Lipinski definition) is 1. The summed E-state index contributed by atoms with van der Waals surface area (Å²) < 4.78 is 15.5. The highest BCUT2D eigenvalue weighted by Crippen LogP contribution is 2.47. The molecule has 0 unspecified atom stereocenters. The molecule has 0 aliphatic heterocycles. The van der Waals surface area contributed by atoms with Gasteiger partial charge in [0.05, 0.1) is 43.9 Å². The molecule has 1 N–H and O–H groups in total. The Morgan fingerprint density at radius 2 is 1.48 bits per heavy atom. The van der Waals surface area contributed by atoms with Crippen LogP contribution in [0.25, 0.3) is 0 Å². The highest BCUT2D eigenvalue weighted by atomic mass is 16.5. The van der Waals surface area contributed by atoms with Gasteiger partial charge in [0.2, 0.25) is 0 Å². The fourth-order valence-corrected chi connectivity index (χ4v) is 3.27. The van der Waals surface area contributed by atoms with E-state index in [0.29, 0.717) is 0 Å². The zero-order valence-electron chi connectivity index (χ0n) is 15.1. The van der Waals surface area contributed by atoms with Crippen LogP contribution in [0.4, 0.5) is 0 Å². The van der Waals surface area contributed by atoms with Crippen LogP contribution in [-0.4, -0.2) is 43.5 Å². The molecule has 27 heavy (non-hydrogen) atoms. The summed E-state index contributed by atoms with van der Waals surface area (Å²) in [4.78, 5) is 38.1. The third-order valence-corrected chi connectivity index (χ3v) is 4.38. The van der Waals surface area contributed by atoms with Crippen LogP contribution >= 0.6 is 0 Å². The smallest absolute Gasteiger partial charge is 0.310 e. The van der Waals surface area contributed by atoms with Gasteiger partial charge in [0.15, 0.2) is 23.1 Å². The van der Waals surface area contributed by atoms with Gasteiger partial charge in [0.25, 0.3) is 0 Å². The second-order valence-electron chi connectivity index (χ2n) is 5.83. The lowest BCUT2D eigenvalue weighted by Crippen LogP contribution is -2.24. The van der Waals surface area contributed by atoms with E-state index in [0.717, 1.165) is 0 Å². The number of esters is 1. The van der Waals surface area contributed by atoms with Gasteiger partial charge in [0.1, 0.15) is 5.75 Å². The van der Waals surface area contributed by atoms with Crippen LogP contribution in [0.1, 0.15) is 44.3 Å². The van der Waals surface area contributed by atoms with E-state index in [2.05, 4.69) is 0 Å². The minimum atomic E-state index is -0.608. The molecule has 0 saturated heterocycles. The van der Waals surface area contributed by atoms with Crippen molar-refractivity contribution in [2.45, 2.75) is 13.3 Å². The molecular formula is C20H18O7. The summed E-state index contributed by atoms with van der Waals surface area (Å²) in [6.45, 7) is 1.82. The van der Waals surface area contributed by atoms with Crippen molar-refractivity contribution < 1.29 is 33.7 Å². The fraction of sp³-hybridized carbons (Fsp3) is 0.250. The number of phenolic OH excluding ortho intramolecular Hbond substituents is 1. The summed E-state index contributed by atoms with van der Waals surface area (Å²) in [5.41, 5.74) is 0.362. The summed E-state index contributed by atoms with van der Waals surface area (Å²) in [7, 11) is 2.57. The first kappa shape index (κ1) is 18.4. The Balaban J connectivity index is 2.32. The Labute approximate surface area is 155 Å². The predicted octanol–water partition coefficient (Wildman–Crippen LogP) is 2.29. The van der Waals surface area contributed by atoms with Gasteiger partial charge in [-0.25, -0.2) is 0 Å². The zero-order valence-corrected chi connectivity index (χ0v) is 15.1. The van der Waals surface area contributed by atoms with Crippen molar-refractivity contribution in [3.8, 4) is 17.2 Å². The van der Waals surface area contributed by atoms with Crippen LogP contribution in [0.2, 0.25) is 0 Å². The van der Waals surface area contributed by atoms with Gasteiger partial charge in [-0.3, -0.25) is 14.4 Å². The summed E-state index contributed by atoms with van der Waals surface area (Å²) >= 11 is 0. The Morgan fingerprint density at radius 1 is 0.963 bits per heavy atom. The number of carbonyl (C=O) groups is 3. The van der Waals surface area contributed by atoms with E-state index in [4.69, 9.17) is 14.2 Å². The second-order valence-corrected chi connectivity index (χ2v) is 5.83. The van der Waals surface area contributed by atoms with Gasteiger partial charge in [-0.2, -0.15) is 0 Å². The number of phenols is 1. The summed E-state index contributed by atoms with van der Waals surface area (Å²) in [6.07, 6.45) is -0.338. The number of ether oxygens (including phenoxy) is 3. The number of aromatic hydroxyl groups is 1. The molecule has 7 heteroatoms. The molecule has 0 spiro atoms. The Kier molecular flexibility index (Phi) is 4.85. The van der Waals surface area contributed by atoms with Crippen molar-refractivity contribution in [1.82, 2.24) is 0 Å². The maximum absolute atomic E-state index is 13.1. The normalized spacial score (nSPS) is 12.3. The quantitative estimate of drug-likeness (QED) is 0.688. The molecule has 0 radical (unpaired) electrons. The van der Waals surface area contributed by atoms with Crippen LogP contribution < -0.4 is 9.47 Å². The number of ketones is 2. The molecule has 2 aromatic carbocycles. The summed E-state index contributed by atoms with van der Waals surface area (Å²) in [6, 6.07) is 6.38. The lowest BCUT2D eigenvalue weighted by Gasteiger charge is -2.24. The van der Waals surface area contributed by atoms with E-state index in [9.17, 15) is 19.5 Å². The van der Waals surface area contributed by atoms with Gasteiger partial charge in [0, 0.05) is 11.1 Å². The third kappa shape index (κ3) is 2.81. The van der Waals surface area contributed by atoms with Crippen molar-refractivity contribution >= 4 is 17.5 Å². The molecule has 0 amide bonds. The molecule has 0 bridgehead atoms. The standard InChI is InChI=1S/C20H18O7/c1-4-27-13(21)9-12-18(24)20(26-3)15-14(19(12)25-2)16(22)10-7-5-6-8-11(10)17(15)23/h5-8,24H,4,9H2,1-3H3. The van der Waals surface area contributed by atoms with Crippen molar-refractivity contribution in [1.29, 1.82) is 0 Å². The fourth-order valence-electron chi connectivity index (χ4n) is 3.27. The molecule has 140 valence electrons. The Morgan fingerprint density at radius 3 is 1.96 bits per heavy atom. The number of rotatable bonds is 5. The number of benzene rings is 2. The first-order valence-corrected chi connectivity index (χ1v) is 8.30. The van der Waals surface area contributed by atoms with Gasteiger partial charge >= 0.3 is 5.97 Å². The molecule has 1 aliphatic rings. The lowest BCUT2D eigenvalue weighted by molar-refractivity contribution is -0.142. The van der Waals surface area contributed by atoms with Crippen LogP contribution in [0.15, 0.2) is 24.3 Å². The number of hydrogen-bond acceptors (Lipinski definition) is 7. The molecule has 0 atom stereocenters. The topological polar surface area (TPSA) is 99.1 Å². The van der Waals surface area contributed by atoms with Crippen molar-refractivity contribution in [3.05, 3.63) is 52.1 Å². The van der Waals surface area contributed by atoms with Gasteiger partial charge in [-0.1, -0.05) is 24.3 Å². The van der Waals surface area contributed by atoms with E-state index >= 15 is 0 Å². The van der Waals surface area contributed by atoms with Gasteiger partial charge in [-0.15, -0.1) is 0 Å². The molecule has 0 saturated carbocycles. The Bertz CT molecular complexity index is 959. The number of methoxy groups -OCH3 is 2. The van der Waals surface area contributed by atoms with Crippen LogP contribution in [0, 0.1) is 0 Å². The molecule has 7 nitrogen and oxygen atoms in total. The lowest BCUT2D eigenvalue weighted by atomic mass is 9.81. The van der Waals surface area contributed by atoms with Crippen molar-refractivity contribution in [3.63, 3.8) is 0 Å². The van der Waals surface area contributed by atoms with E-state index < -0.39 is 23.3 Å². The zero-order chi connectivity index (χ0) is 19.7. The molecular weight excluding hydrogens is 352 g/mol. The van der Waals surface area contributed by atoms with E-state index in [1.165, 1.54) is 20.3 Å². The molecule has 0 fully saturated rings. The molecule has 3 rings (SSSR count). The molecule has 0 heterocycles. The first-order chi connectivity index (χ1) is 13.0. The number of carbonyl (C=O) groups excluding carboxylic acids is 3. The molecule has 1 aliphatic carbocycles. The van der Waals surface area contributed by atoms with E-state index in [1.807, 2.05) is 0 Å². The molecule has 0 aromatic heterocycles. The summed E-state index contributed by atoms with van der Waals surface area (Å²) in [5, 5.41) is 10.6. The third-order valence-electron chi connectivity index (χ3n) is 4.38. The van der Waals surface area contributed by atoms with Crippen LogP contribution in [-0.2, 0) is 16.0 Å².